The molecule has 43 heavy (non-hydrogen) atoms. The van der Waals surface area contributed by atoms with E-state index in [0.29, 0.717) is 59.2 Å². The normalized spacial score (nSPS) is 38.1. The van der Waals surface area contributed by atoms with Crippen LogP contribution in [0.4, 0.5) is 0 Å². The summed E-state index contributed by atoms with van der Waals surface area (Å²) in [6.45, 7) is 20.7. The fourth-order valence-corrected chi connectivity index (χ4v) is 10.0. The second kappa shape index (κ2) is 11.9. The summed E-state index contributed by atoms with van der Waals surface area (Å²) >= 11 is 0. The summed E-state index contributed by atoms with van der Waals surface area (Å²) < 4.78 is 0. The van der Waals surface area contributed by atoms with Crippen molar-refractivity contribution in [2.75, 3.05) is 0 Å². The van der Waals surface area contributed by atoms with Gasteiger partial charge in [0.2, 0.25) is 0 Å². The second-order valence-electron chi connectivity index (χ2n) is 16.9. The Kier molecular flexibility index (Phi) is 8.47. The molecule has 0 aromatic rings. The molecule has 2 saturated carbocycles. The molecular weight excluding hydrogens is 516 g/mol. The van der Waals surface area contributed by atoms with Crippen LogP contribution in [0.15, 0.2) is 108 Å². The number of hydrogen-bond donors (Lipinski definition) is 0. The third-order valence-corrected chi connectivity index (χ3v) is 12.2. The van der Waals surface area contributed by atoms with Crippen molar-refractivity contribution in [3.8, 4) is 0 Å². The van der Waals surface area contributed by atoms with Gasteiger partial charge in [-0.3, -0.25) is 0 Å². The average Bonchev–Trinajstić information content (AvgIpc) is 3.45. The van der Waals surface area contributed by atoms with E-state index in [1.807, 2.05) is 0 Å². The summed E-state index contributed by atoms with van der Waals surface area (Å²) in [5.41, 5.74) is 4.93. The number of rotatable bonds is 8. The molecule has 0 aromatic heterocycles. The van der Waals surface area contributed by atoms with Crippen molar-refractivity contribution in [2.45, 2.75) is 80.6 Å². The van der Waals surface area contributed by atoms with Crippen LogP contribution in [0.5, 0.6) is 0 Å². The van der Waals surface area contributed by atoms with E-state index in [2.05, 4.69) is 140 Å². The number of hydrogen-bond acceptors (Lipinski definition) is 0. The van der Waals surface area contributed by atoms with Crippen LogP contribution in [0.25, 0.3) is 0 Å². The van der Waals surface area contributed by atoms with Gasteiger partial charge in [0.05, 0.1) is 0 Å². The van der Waals surface area contributed by atoms with E-state index in [1.165, 1.54) is 31.3 Å². The van der Waals surface area contributed by atoms with Crippen LogP contribution in [-0.4, -0.2) is 0 Å². The van der Waals surface area contributed by atoms with Crippen LogP contribution in [0.3, 0.4) is 0 Å². The maximum atomic E-state index is 4.04. The van der Waals surface area contributed by atoms with Gasteiger partial charge in [-0.05, 0) is 113 Å². The molecule has 0 radical (unpaired) electrons. The van der Waals surface area contributed by atoms with Crippen molar-refractivity contribution >= 4 is 0 Å². The molecule has 230 valence electrons. The number of fused-ring (bicyclic) bond motifs is 6. The third kappa shape index (κ3) is 5.90. The molecular formula is C43H58. The lowest BCUT2D eigenvalue weighted by molar-refractivity contribution is 0.165. The summed E-state index contributed by atoms with van der Waals surface area (Å²) in [5, 5.41) is 0. The van der Waals surface area contributed by atoms with Gasteiger partial charge in [-0.25, -0.2) is 0 Å². The monoisotopic (exact) mass is 574 g/mol. The van der Waals surface area contributed by atoms with Gasteiger partial charge in [-0.1, -0.05) is 145 Å². The van der Waals surface area contributed by atoms with E-state index in [1.54, 1.807) is 11.1 Å². The van der Waals surface area contributed by atoms with Gasteiger partial charge in [0.1, 0.15) is 0 Å². The molecule has 0 N–H and O–H groups in total. The van der Waals surface area contributed by atoms with Gasteiger partial charge >= 0.3 is 0 Å². The van der Waals surface area contributed by atoms with Crippen LogP contribution < -0.4 is 0 Å². The molecule has 0 nitrogen and oxygen atoms in total. The molecule has 6 rings (SSSR count). The first kappa shape index (κ1) is 30.7. The zero-order valence-electron chi connectivity index (χ0n) is 28.2. The predicted octanol–water partition coefficient (Wildman–Crippen LogP) is 11.7. The quantitative estimate of drug-likeness (QED) is 0.200. The maximum Gasteiger partial charge on any atom is -0.00953 e. The zero-order chi connectivity index (χ0) is 30.5. The molecule has 6 aliphatic rings. The maximum absolute atomic E-state index is 4.04. The van der Waals surface area contributed by atoms with Gasteiger partial charge in [0.25, 0.3) is 0 Å². The zero-order valence-corrected chi connectivity index (χ0v) is 28.2. The van der Waals surface area contributed by atoms with Gasteiger partial charge in [0.15, 0.2) is 0 Å². The Morgan fingerprint density at radius 3 is 1.77 bits per heavy atom. The van der Waals surface area contributed by atoms with Crippen LogP contribution in [0, 0.1) is 75.9 Å². The van der Waals surface area contributed by atoms with E-state index >= 15 is 0 Å². The van der Waals surface area contributed by atoms with Crippen LogP contribution >= 0.6 is 0 Å². The van der Waals surface area contributed by atoms with E-state index in [9.17, 15) is 0 Å². The summed E-state index contributed by atoms with van der Waals surface area (Å²) in [5.74, 6) is 7.25. The van der Waals surface area contributed by atoms with Crippen LogP contribution in [0.2, 0.25) is 0 Å². The van der Waals surface area contributed by atoms with Crippen LogP contribution in [0.1, 0.15) is 80.6 Å². The summed E-state index contributed by atoms with van der Waals surface area (Å²) in [6, 6.07) is 0. The minimum atomic E-state index is 0.188. The highest BCUT2D eigenvalue weighted by molar-refractivity contribution is 5.39. The summed E-state index contributed by atoms with van der Waals surface area (Å²) in [7, 11) is 0. The molecule has 0 aromatic carbocycles. The Labute approximate surface area is 264 Å². The SMILES string of the molecule is C=CCCCCC(CC1C2C=C(C(C)(C)C)C=CC2C2C=CC(C(C)(C)C)=CC21)C1C2C=CC=CC2C2C=CC(C)=CC21. The Morgan fingerprint density at radius 1 is 0.651 bits per heavy atom. The van der Waals surface area contributed by atoms with Crippen molar-refractivity contribution < 1.29 is 0 Å². The van der Waals surface area contributed by atoms with Gasteiger partial charge < -0.3 is 0 Å². The number of unbranched alkanes of at least 4 members (excludes halogenated alkanes) is 2. The van der Waals surface area contributed by atoms with Gasteiger partial charge in [0, 0.05) is 0 Å². The fourth-order valence-electron chi connectivity index (χ4n) is 10.0. The average molecular weight is 575 g/mol. The highest BCUT2D eigenvalue weighted by atomic mass is 14.6. The first-order valence-electron chi connectivity index (χ1n) is 17.6. The predicted molar refractivity (Wildman–Crippen MR) is 186 cm³/mol. The molecule has 0 heterocycles. The second-order valence-corrected chi connectivity index (χ2v) is 16.9. The lowest BCUT2D eigenvalue weighted by Gasteiger charge is -2.38. The molecule has 2 fully saturated rings. The molecule has 0 amide bonds. The minimum Gasteiger partial charge on any atom is -0.103 e. The highest BCUT2D eigenvalue weighted by Gasteiger charge is 2.54. The largest absolute Gasteiger partial charge is 0.103 e. The van der Waals surface area contributed by atoms with Gasteiger partial charge in [-0.2, -0.15) is 0 Å². The van der Waals surface area contributed by atoms with E-state index in [0.717, 1.165) is 12.3 Å². The smallest absolute Gasteiger partial charge is 0.00953 e. The Hall–Kier alpha value is -2.34. The molecule has 0 aliphatic heterocycles. The Balaban J connectivity index is 1.40. The molecule has 10 atom stereocenters. The van der Waals surface area contributed by atoms with Crippen molar-refractivity contribution in [1.82, 2.24) is 0 Å². The van der Waals surface area contributed by atoms with Crippen LogP contribution in [-0.2, 0) is 0 Å². The minimum absolute atomic E-state index is 0.188. The van der Waals surface area contributed by atoms with Crippen molar-refractivity contribution in [1.29, 1.82) is 0 Å². The first-order valence-corrected chi connectivity index (χ1v) is 17.6. The molecule has 6 aliphatic carbocycles. The molecule has 0 bridgehead atoms. The van der Waals surface area contributed by atoms with Crippen molar-refractivity contribution in [3.63, 3.8) is 0 Å². The summed E-state index contributed by atoms with van der Waals surface area (Å²) in [4.78, 5) is 0. The van der Waals surface area contributed by atoms with Gasteiger partial charge in [-0.15, -0.1) is 6.58 Å². The Morgan fingerprint density at radius 2 is 1.19 bits per heavy atom. The molecule has 0 spiro atoms. The standard InChI is InChI=1S/C43H58/c1-9-10-11-12-15-29(41-36-17-14-13-16-32(36)35-21-18-28(2)24-40(35)41)25-37-38-26-30(42(3,4)5)19-22-33(38)34-23-20-31(27-39(34)37)43(6,7)8/h9,13-14,16-24,26-27,29,32-41H,1,10-12,15,25H2,2-8H3. The lowest BCUT2D eigenvalue weighted by Crippen LogP contribution is -2.30. The molecule has 10 unspecified atom stereocenters. The van der Waals surface area contributed by atoms with E-state index in [4.69, 9.17) is 0 Å². The fraction of sp³-hybridized carbons (Fsp3) is 0.581. The highest BCUT2D eigenvalue weighted by Crippen LogP contribution is 2.60. The molecule has 0 saturated heterocycles. The number of allylic oxidation sites excluding steroid dienone is 17. The molecule has 0 heteroatoms. The lowest BCUT2D eigenvalue weighted by atomic mass is 9.67. The third-order valence-electron chi connectivity index (χ3n) is 12.2. The first-order chi connectivity index (χ1) is 20.5. The van der Waals surface area contributed by atoms with Crippen molar-refractivity contribution in [2.24, 2.45) is 75.9 Å². The summed E-state index contributed by atoms with van der Waals surface area (Å²) in [6.07, 6.45) is 41.7. The Bertz CT molecular complexity index is 1250. The van der Waals surface area contributed by atoms with E-state index < -0.39 is 0 Å². The van der Waals surface area contributed by atoms with E-state index in [-0.39, 0.29) is 10.8 Å². The topological polar surface area (TPSA) is 0 Å². The van der Waals surface area contributed by atoms with Crippen molar-refractivity contribution in [3.05, 3.63) is 108 Å².